The molecule has 2 nitrogen and oxygen atoms in total. The van der Waals surface area contributed by atoms with Crippen molar-refractivity contribution in [2.45, 2.75) is 25.1 Å². The van der Waals surface area contributed by atoms with Crippen LogP contribution in [0.4, 0.5) is 4.39 Å². The van der Waals surface area contributed by atoms with Gasteiger partial charge < -0.3 is 10.4 Å². The van der Waals surface area contributed by atoms with E-state index < -0.39 is 11.8 Å². The Balaban J connectivity index is 2.49. The third-order valence-electron chi connectivity index (χ3n) is 1.76. The zero-order chi connectivity index (χ0) is 6.91. The van der Waals surface area contributed by atoms with Crippen molar-refractivity contribution in [2.24, 2.45) is 0 Å². The van der Waals surface area contributed by atoms with E-state index in [4.69, 9.17) is 5.11 Å². The first-order chi connectivity index (χ1) is 4.13. The molecule has 0 bridgehead atoms. The molecule has 0 aromatic carbocycles. The summed E-state index contributed by atoms with van der Waals surface area (Å²) in [4.78, 5) is 0. The molecule has 1 fully saturated rings. The van der Waals surface area contributed by atoms with Crippen LogP contribution in [0.2, 0.25) is 0 Å². The first kappa shape index (κ1) is 6.96. The van der Waals surface area contributed by atoms with Gasteiger partial charge in [0.2, 0.25) is 0 Å². The predicted molar refractivity (Wildman–Crippen MR) is 33.0 cm³/mol. The molecule has 2 N–H and O–H groups in total. The molecule has 0 aromatic rings. The fraction of sp³-hybridized carbons (Fsp3) is 1.00. The molecule has 1 aliphatic heterocycles. The summed E-state index contributed by atoms with van der Waals surface area (Å²) in [6.07, 6.45) is -0.258. The quantitative estimate of drug-likeness (QED) is 0.490. The van der Waals surface area contributed by atoms with Gasteiger partial charge in [-0.1, -0.05) is 0 Å². The molecule has 1 heterocycles. The van der Waals surface area contributed by atoms with Gasteiger partial charge in [-0.05, 0) is 19.9 Å². The molecule has 3 heteroatoms. The highest BCUT2D eigenvalue weighted by atomic mass is 19.1. The van der Waals surface area contributed by atoms with Gasteiger partial charge in [-0.25, -0.2) is 4.39 Å². The summed E-state index contributed by atoms with van der Waals surface area (Å²) in [5.74, 6) is 0. The highest BCUT2D eigenvalue weighted by molar-refractivity contribution is 4.88. The lowest BCUT2D eigenvalue weighted by Crippen LogP contribution is -2.50. The number of aliphatic hydroxyl groups is 1. The number of nitrogens with one attached hydrogen (secondary N) is 1. The molecular formula is C6H12FNO. The Morgan fingerprint density at radius 1 is 1.78 bits per heavy atom. The summed E-state index contributed by atoms with van der Waals surface area (Å²) in [5, 5.41) is 11.9. The van der Waals surface area contributed by atoms with Crippen molar-refractivity contribution in [1.29, 1.82) is 0 Å². The van der Waals surface area contributed by atoms with Crippen LogP contribution in [-0.4, -0.2) is 30.0 Å². The number of piperidine rings is 1. The van der Waals surface area contributed by atoms with E-state index in [-0.39, 0.29) is 6.54 Å². The standard InChI is InChI=1S/C6H12FNO/c1-6(7)4-8-3-2-5(6)9/h5,8-9H,2-4H2,1H3/t5?,6-/m1/s1. The highest BCUT2D eigenvalue weighted by Crippen LogP contribution is 2.19. The SMILES string of the molecule is C[C@@]1(F)CNCCC1O. The Morgan fingerprint density at radius 2 is 2.44 bits per heavy atom. The molecule has 1 aliphatic rings. The predicted octanol–water partition coefficient (Wildman–Crippen LogP) is 0.0688. The second kappa shape index (κ2) is 2.23. The number of aliphatic hydroxyl groups excluding tert-OH is 1. The first-order valence-corrected chi connectivity index (χ1v) is 3.20. The van der Waals surface area contributed by atoms with Gasteiger partial charge in [0, 0.05) is 6.54 Å². The van der Waals surface area contributed by atoms with Crippen LogP contribution in [0, 0.1) is 0 Å². The average molecular weight is 133 g/mol. The van der Waals surface area contributed by atoms with E-state index in [9.17, 15) is 4.39 Å². The minimum Gasteiger partial charge on any atom is -0.390 e. The van der Waals surface area contributed by atoms with E-state index in [1.54, 1.807) is 0 Å². The van der Waals surface area contributed by atoms with Crippen LogP contribution in [0.15, 0.2) is 0 Å². The number of hydrogen-bond acceptors (Lipinski definition) is 2. The number of alkyl halides is 1. The third kappa shape index (κ3) is 1.40. The van der Waals surface area contributed by atoms with E-state index in [1.807, 2.05) is 0 Å². The van der Waals surface area contributed by atoms with Crippen molar-refractivity contribution < 1.29 is 9.50 Å². The van der Waals surface area contributed by atoms with Crippen LogP contribution in [0.1, 0.15) is 13.3 Å². The maximum Gasteiger partial charge on any atom is 0.146 e. The maximum absolute atomic E-state index is 13.0. The van der Waals surface area contributed by atoms with E-state index in [0.29, 0.717) is 6.42 Å². The van der Waals surface area contributed by atoms with E-state index >= 15 is 0 Å². The van der Waals surface area contributed by atoms with Crippen molar-refractivity contribution in [3.05, 3.63) is 0 Å². The van der Waals surface area contributed by atoms with Gasteiger partial charge >= 0.3 is 0 Å². The smallest absolute Gasteiger partial charge is 0.146 e. The number of hydrogen-bond donors (Lipinski definition) is 2. The molecule has 0 aromatic heterocycles. The normalized spacial score (nSPS) is 45.0. The minimum absolute atomic E-state index is 0.272. The van der Waals surface area contributed by atoms with Crippen molar-refractivity contribution in [1.82, 2.24) is 5.32 Å². The molecule has 2 atom stereocenters. The summed E-state index contributed by atoms with van der Waals surface area (Å²) >= 11 is 0. The maximum atomic E-state index is 13.0. The molecule has 0 spiro atoms. The molecule has 54 valence electrons. The van der Waals surface area contributed by atoms with Gasteiger partial charge in [0.15, 0.2) is 0 Å². The van der Waals surface area contributed by atoms with Crippen molar-refractivity contribution in [3.63, 3.8) is 0 Å². The summed E-state index contributed by atoms with van der Waals surface area (Å²) in [7, 11) is 0. The Labute approximate surface area is 54.1 Å². The van der Waals surface area contributed by atoms with Crippen LogP contribution in [0.3, 0.4) is 0 Å². The lowest BCUT2D eigenvalue weighted by Gasteiger charge is -2.31. The number of halogens is 1. The summed E-state index contributed by atoms with van der Waals surface area (Å²) in [5.41, 5.74) is -1.42. The Hall–Kier alpha value is -0.150. The Morgan fingerprint density at radius 3 is 2.78 bits per heavy atom. The molecule has 0 saturated carbocycles. The molecule has 1 unspecified atom stereocenters. The zero-order valence-electron chi connectivity index (χ0n) is 5.52. The van der Waals surface area contributed by atoms with E-state index in [0.717, 1.165) is 6.54 Å². The summed E-state index contributed by atoms with van der Waals surface area (Å²) < 4.78 is 13.0. The Kier molecular flexibility index (Phi) is 1.73. The van der Waals surface area contributed by atoms with E-state index in [2.05, 4.69) is 5.32 Å². The third-order valence-corrected chi connectivity index (χ3v) is 1.76. The Bertz CT molecular complexity index is 105. The van der Waals surface area contributed by atoms with Gasteiger partial charge in [0.25, 0.3) is 0 Å². The summed E-state index contributed by atoms with van der Waals surface area (Å²) in [6.45, 7) is 2.42. The van der Waals surface area contributed by atoms with Crippen LogP contribution in [0.5, 0.6) is 0 Å². The highest BCUT2D eigenvalue weighted by Gasteiger charge is 2.34. The molecule has 1 saturated heterocycles. The topological polar surface area (TPSA) is 32.3 Å². The average Bonchev–Trinajstić information content (AvgIpc) is 1.77. The molecular weight excluding hydrogens is 121 g/mol. The molecule has 0 aliphatic carbocycles. The van der Waals surface area contributed by atoms with Gasteiger partial charge in [0.05, 0.1) is 6.10 Å². The lowest BCUT2D eigenvalue weighted by molar-refractivity contribution is -0.0166. The largest absolute Gasteiger partial charge is 0.390 e. The monoisotopic (exact) mass is 133 g/mol. The van der Waals surface area contributed by atoms with Gasteiger partial charge in [0.1, 0.15) is 5.67 Å². The minimum atomic E-state index is -1.42. The van der Waals surface area contributed by atoms with Crippen LogP contribution in [-0.2, 0) is 0 Å². The van der Waals surface area contributed by atoms with E-state index in [1.165, 1.54) is 6.92 Å². The van der Waals surface area contributed by atoms with Crippen molar-refractivity contribution >= 4 is 0 Å². The fourth-order valence-corrected chi connectivity index (χ4v) is 0.990. The van der Waals surface area contributed by atoms with Crippen LogP contribution in [0.25, 0.3) is 0 Å². The van der Waals surface area contributed by atoms with Gasteiger partial charge in [-0.3, -0.25) is 0 Å². The molecule has 9 heavy (non-hydrogen) atoms. The van der Waals surface area contributed by atoms with Crippen LogP contribution < -0.4 is 5.32 Å². The first-order valence-electron chi connectivity index (χ1n) is 3.20. The van der Waals surface area contributed by atoms with Crippen molar-refractivity contribution in [2.75, 3.05) is 13.1 Å². The molecule has 0 amide bonds. The van der Waals surface area contributed by atoms with Crippen molar-refractivity contribution in [3.8, 4) is 0 Å². The fourth-order valence-electron chi connectivity index (χ4n) is 0.990. The molecule has 0 radical (unpaired) electrons. The second-order valence-corrected chi connectivity index (χ2v) is 2.76. The summed E-state index contributed by atoms with van der Waals surface area (Å²) in [6, 6.07) is 0. The number of rotatable bonds is 0. The zero-order valence-corrected chi connectivity index (χ0v) is 5.52. The van der Waals surface area contributed by atoms with Crippen LogP contribution >= 0.6 is 0 Å². The van der Waals surface area contributed by atoms with Gasteiger partial charge in [-0.2, -0.15) is 0 Å². The second-order valence-electron chi connectivity index (χ2n) is 2.76. The molecule has 1 rings (SSSR count). The lowest BCUT2D eigenvalue weighted by atomic mass is 9.95. The van der Waals surface area contributed by atoms with Gasteiger partial charge in [-0.15, -0.1) is 0 Å².